The number of carbonyl (C=O) groups is 1. The van der Waals surface area contributed by atoms with E-state index in [-0.39, 0.29) is 0 Å². The molecule has 0 spiro atoms. The quantitative estimate of drug-likeness (QED) is 0.500. The zero-order valence-corrected chi connectivity index (χ0v) is 10.6. The van der Waals surface area contributed by atoms with Gasteiger partial charge < -0.3 is 0 Å². The molecule has 0 aliphatic carbocycles. The molecular weight excluding hydrogens is 240 g/mol. The van der Waals surface area contributed by atoms with Gasteiger partial charge in [0.1, 0.15) is 6.29 Å². The molecule has 1 nitrogen and oxygen atoms in total. The lowest BCUT2D eigenvalue weighted by molar-refractivity contribution is -0.104. The van der Waals surface area contributed by atoms with Crippen LogP contribution in [-0.2, 0) is 11.2 Å². The molecule has 0 atom stereocenters. The molecule has 0 saturated heterocycles. The number of allylic oxidation sites excluding steroid dienone is 2. The van der Waals surface area contributed by atoms with Gasteiger partial charge in [0.2, 0.25) is 0 Å². The van der Waals surface area contributed by atoms with Gasteiger partial charge in [-0.15, -0.1) is 11.3 Å². The third kappa shape index (κ3) is 1.85. The molecule has 88 valence electrons. The summed E-state index contributed by atoms with van der Waals surface area (Å²) in [5, 5.41) is 2.63. The van der Waals surface area contributed by atoms with E-state index in [4.69, 9.17) is 0 Å². The van der Waals surface area contributed by atoms with Crippen molar-refractivity contribution >= 4 is 37.8 Å². The lowest BCUT2D eigenvalue weighted by atomic mass is 10.1. The van der Waals surface area contributed by atoms with Crippen LogP contribution in [0.15, 0.2) is 54.6 Å². The molecule has 1 aromatic heterocycles. The zero-order valence-electron chi connectivity index (χ0n) is 9.80. The van der Waals surface area contributed by atoms with Crippen molar-refractivity contribution in [2.45, 2.75) is 6.42 Å². The average molecular weight is 252 g/mol. The number of carbonyl (C=O) groups excluding carboxylic acids is 1. The first-order valence-electron chi connectivity index (χ1n) is 5.89. The zero-order chi connectivity index (χ0) is 12.4. The van der Waals surface area contributed by atoms with Crippen LogP contribution >= 0.6 is 11.3 Å². The number of aldehydes is 1. The van der Waals surface area contributed by atoms with E-state index in [1.807, 2.05) is 17.4 Å². The average Bonchev–Trinajstić information content (AvgIpc) is 2.79. The van der Waals surface area contributed by atoms with Crippen molar-refractivity contribution in [1.82, 2.24) is 0 Å². The summed E-state index contributed by atoms with van der Waals surface area (Å²) < 4.78 is 2.65. The Bertz CT molecular complexity index is 737. The molecule has 3 rings (SSSR count). The smallest absolute Gasteiger partial charge is 0.142 e. The topological polar surface area (TPSA) is 17.1 Å². The molecule has 0 aliphatic rings. The van der Waals surface area contributed by atoms with Crippen molar-refractivity contribution in [3.63, 3.8) is 0 Å². The Morgan fingerprint density at radius 3 is 2.72 bits per heavy atom. The summed E-state index contributed by atoms with van der Waals surface area (Å²) in [4.78, 5) is 10.3. The number of rotatable bonds is 3. The van der Waals surface area contributed by atoms with Crippen molar-refractivity contribution in [3.05, 3.63) is 60.2 Å². The van der Waals surface area contributed by atoms with Gasteiger partial charge in [-0.2, -0.15) is 0 Å². The van der Waals surface area contributed by atoms with Crippen molar-refractivity contribution in [2.75, 3.05) is 0 Å². The van der Waals surface area contributed by atoms with Crippen molar-refractivity contribution in [1.29, 1.82) is 0 Å². The van der Waals surface area contributed by atoms with Gasteiger partial charge in [-0.05, 0) is 24.1 Å². The second kappa shape index (κ2) is 4.75. The lowest BCUT2D eigenvalue weighted by Crippen LogP contribution is -1.80. The maximum atomic E-state index is 10.3. The van der Waals surface area contributed by atoms with Crippen LogP contribution in [0, 0.1) is 0 Å². The minimum Gasteiger partial charge on any atom is -0.299 e. The predicted octanol–water partition coefficient (Wildman–Crippen LogP) is 4.35. The van der Waals surface area contributed by atoms with Crippen molar-refractivity contribution < 1.29 is 4.79 Å². The Balaban J connectivity index is 2.21. The maximum absolute atomic E-state index is 10.3. The molecule has 2 aromatic carbocycles. The molecule has 2 heteroatoms. The molecule has 0 aliphatic heterocycles. The largest absolute Gasteiger partial charge is 0.299 e. The highest BCUT2D eigenvalue weighted by atomic mass is 32.1. The monoisotopic (exact) mass is 252 g/mol. The molecule has 18 heavy (non-hydrogen) atoms. The first-order chi connectivity index (χ1) is 8.90. The van der Waals surface area contributed by atoms with Gasteiger partial charge in [0.15, 0.2) is 0 Å². The summed E-state index contributed by atoms with van der Waals surface area (Å²) in [5.41, 5.74) is 1.28. The fourth-order valence-electron chi connectivity index (χ4n) is 2.22. The van der Waals surface area contributed by atoms with Crippen LogP contribution < -0.4 is 0 Å². The fourth-order valence-corrected chi connectivity index (χ4v) is 3.44. The Morgan fingerprint density at radius 1 is 1.00 bits per heavy atom. The first-order valence-corrected chi connectivity index (χ1v) is 6.71. The summed E-state index contributed by atoms with van der Waals surface area (Å²) >= 11 is 1.82. The molecule has 1 heterocycles. The molecule has 0 saturated carbocycles. The van der Waals surface area contributed by atoms with E-state index in [1.54, 1.807) is 6.08 Å². The van der Waals surface area contributed by atoms with Gasteiger partial charge in [0, 0.05) is 20.2 Å². The summed E-state index contributed by atoms with van der Waals surface area (Å²) in [6.07, 6.45) is 5.10. The van der Waals surface area contributed by atoms with Gasteiger partial charge in [-0.3, -0.25) is 4.79 Å². The highest BCUT2D eigenvalue weighted by Gasteiger charge is 2.06. The molecule has 0 amide bonds. The lowest BCUT2D eigenvalue weighted by Gasteiger charge is -1.98. The second-order valence-corrected chi connectivity index (χ2v) is 5.21. The summed E-state index contributed by atoms with van der Waals surface area (Å²) in [5.74, 6) is 0. The second-order valence-electron chi connectivity index (χ2n) is 4.16. The normalized spacial score (nSPS) is 11.6. The van der Waals surface area contributed by atoms with Gasteiger partial charge in [-0.1, -0.05) is 42.5 Å². The van der Waals surface area contributed by atoms with Gasteiger partial charge in [0.25, 0.3) is 0 Å². The number of fused-ring (bicyclic) bond motifs is 3. The minimum atomic E-state index is 0.808. The molecule has 3 aromatic rings. The SMILES string of the molecule is O=C/C=C/Cc1cccc2c1sc1ccccc12. The Morgan fingerprint density at radius 2 is 1.83 bits per heavy atom. The van der Waals surface area contributed by atoms with Crippen LogP contribution in [0.1, 0.15) is 5.56 Å². The van der Waals surface area contributed by atoms with E-state index in [0.717, 1.165) is 12.7 Å². The Hall–Kier alpha value is -1.93. The molecule has 0 bridgehead atoms. The number of hydrogen-bond donors (Lipinski definition) is 0. The number of thiophene rings is 1. The van der Waals surface area contributed by atoms with E-state index in [2.05, 4.69) is 42.5 Å². The van der Waals surface area contributed by atoms with Crippen LogP contribution in [0.3, 0.4) is 0 Å². The summed E-state index contributed by atoms with van der Waals surface area (Å²) in [6.45, 7) is 0. The van der Waals surface area contributed by atoms with Crippen molar-refractivity contribution in [2.24, 2.45) is 0 Å². The van der Waals surface area contributed by atoms with Gasteiger partial charge >= 0.3 is 0 Å². The third-order valence-electron chi connectivity index (χ3n) is 3.04. The van der Waals surface area contributed by atoms with Crippen LogP contribution in [0.25, 0.3) is 20.2 Å². The predicted molar refractivity (Wildman–Crippen MR) is 78.2 cm³/mol. The standard InChI is InChI=1S/C16H12OS/c17-11-4-3-6-12-7-5-9-14-13-8-1-2-10-15(13)18-16(12)14/h1-5,7-11H,6H2/b4-3+. The van der Waals surface area contributed by atoms with E-state index in [9.17, 15) is 4.79 Å². The number of benzene rings is 2. The van der Waals surface area contributed by atoms with Crippen LogP contribution in [0.2, 0.25) is 0 Å². The summed E-state index contributed by atoms with van der Waals surface area (Å²) in [7, 11) is 0. The fraction of sp³-hybridized carbons (Fsp3) is 0.0625. The third-order valence-corrected chi connectivity index (χ3v) is 4.30. The molecule has 0 radical (unpaired) electrons. The molecular formula is C16H12OS. The van der Waals surface area contributed by atoms with E-state index in [1.165, 1.54) is 25.7 Å². The van der Waals surface area contributed by atoms with Gasteiger partial charge in [-0.25, -0.2) is 0 Å². The van der Waals surface area contributed by atoms with Crippen molar-refractivity contribution in [3.8, 4) is 0 Å². The van der Waals surface area contributed by atoms with Gasteiger partial charge in [0.05, 0.1) is 0 Å². The number of hydrogen-bond acceptors (Lipinski definition) is 2. The Labute approximate surface area is 109 Å². The highest BCUT2D eigenvalue weighted by molar-refractivity contribution is 7.26. The first kappa shape index (κ1) is 11.2. The van der Waals surface area contributed by atoms with Crippen LogP contribution in [0.4, 0.5) is 0 Å². The minimum absolute atomic E-state index is 0.808. The maximum Gasteiger partial charge on any atom is 0.142 e. The van der Waals surface area contributed by atoms with E-state index in [0.29, 0.717) is 0 Å². The molecule has 0 N–H and O–H groups in total. The van der Waals surface area contributed by atoms with E-state index >= 15 is 0 Å². The molecule has 0 fully saturated rings. The van der Waals surface area contributed by atoms with E-state index < -0.39 is 0 Å². The van der Waals surface area contributed by atoms with Crippen LogP contribution in [0.5, 0.6) is 0 Å². The summed E-state index contributed by atoms with van der Waals surface area (Å²) in [6, 6.07) is 14.9. The Kier molecular flexibility index (Phi) is 2.95. The van der Waals surface area contributed by atoms with Crippen LogP contribution in [-0.4, -0.2) is 6.29 Å². The highest BCUT2D eigenvalue weighted by Crippen LogP contribution is 2.35. The molecule has 0 unspecified atom stereocenters.